The quantitative estimate of drug-likeness (QED) is 0.613. The predicted molar refractivity (Wildman–Crippen MR) is 50.8 cm³/mol. The van der Waals surface area contributed by atoms with Gasteiger partial charge in [-0.3, -0.25) is 4.79 Å². The van der Waals surface area contributed by atoms with Gasteiger partial charge in [0, 0.05) is 0 Å². The van der Waals surface area contributed by atoms with Crippen LogP contribution in [0.5, 0.6) is 0 Å². The van der Waals surface area contributed by atoms with Gasteiger partial charge in [0.15, 0.2) is 0 Å². The highest BCUT2D eigenvalue weighted by Gasteiger charge is 2.35. The van der Waals surface area contributed by atoms with Crippen molar-refractivity contribution in [2.75, 3.05) is 0 Å². The van der Waals surface area contributed by atoms with Crippen LogP contribution in [0.4, 0.5) is 0 Å². The van der Waals surface area contributed by atoms with Gasteiger partial charge in [-0.15, -0.1) is 0 Å². The lowest BCUT2D eigenvalue weighted by Crippen LogP contribution is -2.33. The van der Waals surface area contributed by atoms with E-state index >= 15 is 0 Å². The van der Waals surface area contributed by atoms with Gasteiger partial charge in [0.05, 0.1) is 5.41 Å². The predicted octanol–water partition coefficient (Wildman–Crippen LogP) is 2.73. The minimum atomic E-state index is -0.227. The summed E-state index contributed by atoms with van der Waals surface area (Å²) in [6, 6.07) is 0. The molecule has 0 heterocycles. The van der Waals surface area contributed by atoms with Crippen LogP contribution in [0.25, 0.3) is 0 Å². The fourth-order valence-electron chi connectivity index (χ4n) is 1.73. The van der Waals surface area contributed by atoms with Crippen molar-refractivity contribution >= 4 is 5.78 Å². The average molecular weight is 164 g/mol. The van der Waals surface area contributed by atoms with Crippen LogP contribution >= 0.6 is 0 Å². The molecule has 1 rings (SSSR count). The molecule has 0 aromatic carbocycles. The van der Waals surface area contributed by atoms with Crippen molar-refractivity contribution in [2.24, 2.45) is 11.3 Å². The lowest BCUT2D eigenvalue weighted by Gasteiger charge is -2.32. The van der Waals surface area contributed by atoms with E-state index in [9.17, 15) is 4.79 Å². The van der Waals surface area contributed by atoms with E-state index < -0.39 is 0 Å². The third-order valence-electron chi connectivity index (χ3n) is 2.78. The summed E-state index contributed by atoms with van der Waals surface area (Å²) < 4.78 is 0. The van der Waals surface area contributed by atoms with Gasteiger partial charge in [-0.25, -0.2) is 0 Å². The molecule has 0 bridgehead atoms. The van der Waals surface area contributed by atoms with Crippen LogP contribution < -0.4 is 0 Å². The first-order chi connectivity index (χ1) is 5.59. The number of hydrogen-bond donors (Lipinski definition) is 0. The maximum absolute atomic E-state index is 11.5. The van der Waals surface area contributed by atoms with Crippen molar-refractivity contribution in [1.29, 1.82) is 0 Å². The van der Waals surface area contributed by atoms with Crippen LogP contribution in [0.1, 0.15) is 27.2 Å². The van der Waals surface area contributed by atoms with Crippen LogP contribution in [0.2, 0.25) is 0 Å². The molecule has 12 heavy (non-hydrogen) atoms. The number of Topliss-reactive ketones (excluding diaryl/α,β-unsaturated/α-hetero) is 1. The topological polar surface area (TPSA) is 17.1 Å². The Labute approximate surface area is 74.2 Å². The van der Waals surface area contributed by atoms with Crippen molar-refractivity contribution in [3.63, 3.8) is 0 Å². The van der Waals surface area contributed by atoms with E-state index in [1.165, 1.54) is 0 Å². The molecule has 1 atom stereocenters. The van der Waals surface area contributed by atoms with Gasteiger partial charge in [0.25, 0.3) is 0 Å². The number of allylic oxidation sites excluding steroid dienone is 4. The zero-order valence-corrected chi connectivity index (χ0v) is 8.00. The maximum atomic E-state index is 11.5. The summed E-state index contributed by atoms with van der Waals surface area (Å²) in [4.78, 5) is 11.5. The first kappa shape index (κ1) is 9.24. The van der Waals surface area contributed by atoms with Crippen molar-refractivity contribution in [1.82, 2.24) is 0 Å². The molecule has 0 saturated carbocycles. The Morgan fingerprint density at radius 2 is 2.08 bits per heavy atom. The van der Waals surface area contributed by atoms with Gasteiger partial charge in [0.1, 0.15) is 5.78 Å². The lowest BCUT2D eigenvalue weighted by molar-refractivity contribution is -0.126. The van der Waals surface area contributed by atoms with Crippen molar-refractivity contribution in [3.8, 4) is 0 Å². The van der Waals surface area contributed by atoms with E-state index in [1.54, 1.807) is 6.92 Å². The Morgan fingerprint density at radius 1 is 1.42 bits per heavy atom. The Bertz CT molecular complexity index is 235. The summed E-state index contributed by atoms with van der Waals surface area (Å²) in [5, 5.41) is 0. The van der Waals surface area contributed by atoms with Gasteiger partial charge in [-0.2, -0.15) is 0 Å². The Hall–Kier alpha value is -0.850. The minimum absolute atomic E-state index is 0.227. The Balaban J connectivity index is 2.96. The fourth-order valence-corrected chi connectivity index (χ4v) is 1.73. The molecule has 1 unspecified atom stereocenters. The number of hydrogen-bond acceptors (Lipinski definition) is 1. The summed E-state index contributed by atoms with van der Waals surface area (Å²) in [5.41, 5.74) is -0.227. The van der Waals surface area contributed by atoms with E-state index in [0.717, 1.165) is 6.42 Å². The highest BCUT2D eigenvalue weighted by Crippen LogP contribution is 2.36. The summed E-state index contributed by atoms with van der Waals surface area (Å²) >= 11 is 0. The van der Waals surface area contributed by atoms with E-state index in [1.807, 2.05) is 18.2 Å². The number of carbonyl (C=O) groups excluding carboxylic acids is 1. The second kappa shape index (κ2) is 3.26. The molecule has 0 saturated heterocycles. The highest BCUT2D eigenvalue weighted by molar-refractivity contribution is 5.85. The molecule has 0 aromatic rings. The molecule has 0 aromatic heterocycles. The molecule has 1 heteroatoms. The van der Waals surface area contributed by atoms with E-state index in [2.05, 4.69) is 19.9 Å². The summed E-state index contributed by atoms with van der Waals surface area (Å²) in [5.74, 6) is 0.661. The molecule has 0 radical (unpaired) electrons. The lowest BCUT2D eigenvalue weighted by atomic mass is 9.70. The Kier molecular flexibility index (Phi) is 2.51. The largest absolute Gasteiger partial charge is 0.299 e. The monoisotopic (exact) mass is 164 g/mol. The number of carbonyl (C=O) groups is 1. The molecular weight excluding hydrogens is 148 g/mol. The first-order valence-corrected chi connectivity index (χ1v) is 4.45. The standard InChI is InChI=1S/C11H16O/c1-9(2)11(10(3)12)7-5-4-6-8-11/h4-7,9H,8H2,1-3H3. The zero-order valence-electron chi connectivity index (χ0n) is 8.00. The van der Waals surface area contributed by atoms with Crippen molar-refractivity contribution in [3.05, 3.63) is 24.3 Å². The van der Waals surface area contributed by atoms with E-state index in [-0.39, 0.29) is 11.2 Å². The van der Waals surface area contributed by atoms with Gasteiger partial charge < -0.3 is 0 Å². The van der Waals surface area contributed by atoms with Gasteiger partial charge >= 0.3 is 0 Å². The number of ketones is 1. The second-order valence-corrected chi connectivity index (χ2v) is 3.74. The summed E-state index contributed by atoms with van der Waals surface area (Å²) in [6.45, 7) is 5.89. The smallest absolute Gasteiger partial charge is 0.140 e. The molecule has 0 fully saturated rings. The molecule has 1 aliphatic rings. The first-order valence-electron chi connectivity index (χ1n) is 4.45. The van der Waals surface area contributed by atoms with Gasteiger partial charge in [-0.1, -0.05) is 38.2 Å². The summed E-state index contributed by atoms with van der Waals surface area (Å²) in [6.07, 6.45) is 8.95. The molecule has 0 N–H and O–H groups in total. The maximum Gasteiger partial charge on any atom is 0.140 e. The van der Waals surface area contributed by atoms with E-state index in [4.69, 9.17) is 0 Å². The average Bonchev–Trinajstić information content (AvgIpc) is 2.05. The van der Waals surface area contributed by atoms with Crippen molar-refractivity contribution < 1.29 is 4.79 Å². The molecule has 0 amide bonds. The molecule has 0 aliphatic heterocycles. The molecule has 0 spiro atoms. The van der Waals surface area contributed by atoms with Crippen LogP contribution in [0.3, 0.4) is 0 Å². The summed E-state index contributed by atoms with van der Waals surface area (Å²) in [7, 11) is 0. The third kappa shape index (κ3) is 1.36. The number of rotatable bonds is 2. The second-order valence-electron chi connectivity index (χ2n) is 3.74. The van der Waals surface area contributed by atoms with Gasteiger partial charge in [-0.05, 0) is 19.3 Å². The highest BCUT2D eigenvalue weighted by atomic mass is 16.1. The molecular formula is C11H16O. The third-order valence-corrected chi connectivity index (χ3v) is 2.78. The molecule has 1 nitrogen and oxygen atoms in total. The normalized spacial score (nSPS) is 28.0. The molecule has 66 valence electrons. The Morgan fingerprint density at radius 3 is 2.33 bits per heavy atom. The van der Waals surface area contributed by atoms with Gasteiger partial charge in [0.2, 0.25) is 0 Å². The van der Waals surface area contributed by atoms with Crippen LogP contribution in [-0.2, 0) is 4.79 Å². The zero-order chi connectivity index (χ0) is 9.19. The van der Waals surface area contributed by atoms with Crippen LogP contribution in [0, 0.1) is 11.3 Å². The van der Waals surface area contributed by atoms with E-state index in [0.29, 0.717) is 5.92 Å². The van der Waals surface area contributed by atoms with Crippen LogP contribution in [-0.4, -0.2) is 5.78 Å². The van der Waals surface area contributed by atoms with Crippen molar-refractivity contribution in [2.45, 2.75) is 27.2 Å². The molecule has 1 aliphatic carbocycles. The van der Waals surface area contributed by atoms with Crippen LogP contribution in [0.15, 0.2) is 24.3 Å². The minimum Gasteiger partial charge on any atom is -0.299 e. The fraction of sp³-hybridized carbons (Fsp3) is 0.545. The SMILES string of the molecule is CC(=O)C1(C(C)C)C=CC=CC1.